The van der Waals surface area contributed by atoms with Crippen LogP contribution in [0.4, 0.5) is 0 Å². The van der Waals surface area contributed by atoms with Crippen molar-refractivity contribution in [2.24, 2.45) is 5.92 Å². The van der Waals surface area contributed by atoms with Crippen molar-refractivity contribution in [3.63, 3.8) is 0 Å². The number of fused-ring (bicyclic) bond motifs is 1. The van der Waals surface area contributed by atoms with E-state index in [0.29, 0.717) is 5.89 Å². The van der Waals surface area contributed by atoms with E-state index >= 15 is 0 Å². The van der Waals surface area contributed by atoms with Gasteiger partial charge < -0.3 is 4.42 Å². The Balaban J connectivity index is 2.29. The van der Waals surface area contributed by atoms with Crippen molar-refractivity contribution in [2.75, 3.05) is 0 Å². The van der Waals surface area contributed by atoms with Crippen molar-refractivity contribution in [3.05, 3.63) is 29.7 Å². The minimum atomic E-state index is 0.0884. The molecule has 3 nitrogen and oxygen atoms in total. The van der Waals surface area contributed by atoms with Crippen LogP contribution in [0.3, 0.4) is 0 Å². The molecule has 0 bridgehead atoms. The zero-order chi connectivity index (χ0) is 11.5. The Bertz CT molecular complexity index is 536. The molecule has 0 aliphatic heterocycles. The van der Waals surface area contributed by atoms with E-state index in [1.165, 1.54) is 0 Å². The van der Waals surface area contributed by atoms with Crippen LogP contribution in [0.1, 0.15) is 24.8 Å². The van der Waals surface area contributed by atoms with Gasteiger partial charge in [0.2, 0.25) is 0 Å². The Hall–Kier alpha value is -1.82. The average molecular weight is 214 g/mol. The summed E-state index contributed by atoms with van der Waals surface area (Å²) in [7, 11) is 0. The number of aryl methyl sites for hydroxylation is 1. The summed E-state index contributed by atoms with van der Waals surface area (Å²) < 4.78 is 5.40. The van der Waals surface area contributed by atoms with E-state index in [0.717, 1.165) is 29.5 Å². The van der Waals surface area contributed by atoms with E-state index in [2.05, 4.69) is 11.1 Å². The second kappa shape index (κ2) is 4.36. The van der Waals surface area contributed by atoms with Crippen LogP contribution in [-0.2, 0) is 6.42 Å². The molecule has 1 heterocycles. The summed E-state index contributed by atoms with van der Waals surface area (Å²) in [6.45, 7) is 3.87. The lowest BCUT2D eigenvalue weighted by atomic mass is 9.98. The number of rotatable bonds is 3. The summed E-state index contributed by atoms with van der Waals surface area (Å²) in [5.41, 5.74) is 2.84. The zero-order valence-corrected chi connectivity index (χ0v) is 9.53. The average Bonchev–Trinajstić information content (AvgIpc) is 2.65. The van der Waals surface area contributed by atoms with E-state index in [1.807, 2.05) is 32.0 Å². The predicted molar refractivity (Wildman–Crippen MR) is 61.8 cm³/mol. The van der Waals surface area contributed by atoms with Gasteiger partial charge in [0.1, 0.15) is 5.52 Å². The van der Waals surface area contributed by atoms with Crippen molar-refractivity contribution in [1.29, 1.82) is 5.26 Å². The third kappa shape index (κ3) is 2.06. The first-order valence-corrected chi connectivity index (χ1v) is 5.48. The quantitative estimate of drug-likeness (QED) is 0.788. The lowest BCUT2D eigenvalue weighted by molar-refractivity contribution is 0.561. The molecule has 1 aromatic carbocycles. The molecule has 82 valence electrons. The van der Waals surface area contributed by atoms with Crippen LogP contribution in [0.25, 0.3) is 11.1 Å². The van der Waals surface area contributed by atoms with Gasteiger partial charge in [0.05, 0.1) is 12.0 Å². The van der Waals surface area contributed by atoms with Crippen molar-refractivity contribution in [3.8, 4) is 6.07 Å². The number of aromatic nitrogens is 1. The highest BCUT2D eigenvalue weighted by atomic mass is 16.3. The fourth-order valence-electron chi connectivity index (χ4n) is 1.78. The van der Waals surface area contributed by atoms with Gasteiger partial charge in [-0.15, -0.1) is 0 Å². The first kappa shape index (κ1) is 10.7. The standard InChI is InChI=1S/C13H14N2O/c1-3-10(8-14)6-11-4-5-13-12(7-11)15-9(2)16-13/h4-5,7,10H,3,6H2,1-2H3. The Morgan fingerprint density at radius 2 is 2.31 bits per heavy atom. The van der Waals surface area contributed by atoms with Crippen molar-refractivity contribution in [1.82, 2.24) is 4.98 Å². The van der Waals surface area contributed by atoms with E-state index in [4.69, 9.17) is 9.68 Å². The Morgan fingerprint density at radius 3 is 3.00 bits per heavy atom. The van der Waals surface area contributed by atoms with Gasteiger partial charge in [0, 0.05) is 6.92 Å². The predicted octanol–water partition coefficient (Wildman–Crippen LogP) is 3.23. The summed E-state index contributed by atoms with van der Waals surface area (Å²) in [5, 5.41) is 8.92. The molecule has 0 aliphatic carbocycles. The van der Waals surface area contributed by atoms with Gasteiger partial charge in [-0.3, -0.25) is 0 Å². The van der Waals surface area contributed by atoms with Gasteiger partial charge in [-0.25, -0.2) is 4.98 Å². The third-order valence-corrected chi connectivity index (χ3v) is 2.72. The van der Waals surface area contributed by atoms with Crippen LogP contribution in [-0.4, -0.2) is 4.98 Å². The number of nitrogens with zero attached hydrogens (tertiary/aromatic N) is 2. The largest absolute Gasteiger partial charge is 0.441 e. The lowest BCUT2D eigenvalue weighted by Crippen LogP contribution is -1.99. The third-order valence-electron chi connectivity index (χ3n) is 2.72. The van der Waals surface area contributed by atoms with Gasteiger partial charge in [-0.2, -0.15) is 5.26 Å². The number of nitriles is 1. The SMILES string of the molecule is CCC(C#N)Cc1ccc2oc(C)nc2c1. The second-order valence-electron chi connectivity index (χ2n) is 3.97. The lowest BCUT2D eigenvalue weighted by Gasteiger charge is -2.04. The molecule has 1 atom stereocenters. The van der Waals surface area contributed by atoms with Crippen molar-refractivity contribution in [2.45, 2.75) is 26.7 Å². The minimum Gasteiger partial charge on any atom is -0.441 e. The molecule has 0 saturated heterocycles. The fourth-order valence-corrected chi connectivity index (χ4v) is 1.78. The van der Waals surface area contributed by atoms with Gasteiger partial charge in [0.15, 0.2) is 11.5 Å². The molecular weight excluding hydrogens is 200 g/mol. The Morgan fingerprint density at radius 1 is 1.50 bits per heavy atom. The molecule has 0 spiro atoms. The second-order valence-corrected chi connectivity index (χ2v) is 3.97. The first-order valence-electron chi connectivity index (χ1n) is 5.48. The summed E-state index contributed by atoms with van der Waals surface area (Å²) in [4.78, 5) is 4.28. The molecule has 16 heavy (non-hydrogen) atoms. The Labute approximate surface area is 94.7 Å². The van der Waals surface area contributed by atoms with E-state index < -0.39 is 0 Å². The van der Waals surface area contributed by atoms with Gasteiger partial charge in [-0.05, 0) is 30.5 Å². The normalized spacial score (nSPS) is 12.6. The smallest absolute Gasteiger partial charge is 0.192 e. The summed E-state index contributed by atoms with van der Waals surface area (Å²) >= 11 is 0. The molecular formula is C13H14N2O. The highest BCUT2D eigenvalue weighted by Crippen LogP contribution is 2.19. The van der Waals surface area contributed by atoms with Gasteiger partial charge in [0.25, 0.3) is 0 Å². The molecule has 0 aliphatic rings. The molecule has 0 fully saturated rings. The number of hydrogen-bond donors (Lipinski definition) is 0. The molecule has 1 unspecified atom stereocenters. The topological polar surface area (TPSA) is 49.8 Å². The maximum atomic E-state index is 8.92. The molecule has 3 heteroatoms. The van der Waals surface area contributed by atoms with Crippen LogP contribution in [0.15, 0.2) is 22.6 Å². The molecule has 2 rings (SSSR count). The van der Waals surface area contributed by atoms with Crippen LogP contribution in [0.5, 0.6) is 0 Å². The zero-order valence-electron chi connectivity index (χ0n) is 9.53. The van der Waals surface area contributed by atoms with Crippen molar-refractivity contribution >= 4 is 11.1 Å². The highest BCUT2D eigenvalue weighted by Gasteiger charge is 2.08. The summed E-state index contributed by atoms with van der Waals surface area (Å²) in [6, 6.07) is 8.25. The number of benzene rings is 1. The monoisotopic (exact) mass is 214 g/mol. The highest BCUT2D eigenvalue weighted by molar-refractivity contribution is 5.73. The summed E-state index contributed by atoms with van der Waals surface area (Å²) in [5.74, 6) is 0.768. The maximum absolute atomic E-state index is 8.92. The number of hydrogen-bond acceptors (Lipinski definition) is 3. The van der Waals surface area contributed by atoms with Gasteiger partial charge >= 0.3 is 0 Å². The van der Waals surface area contributed by atoms with Crippen LogP contribution < -0.4 is 0 Å². The molecule has 0 amide bonds. The fraction of sp³-hybridized carbons (Fsp3) is 0.385. The van der Waals surface area contributed by atoms with E-state index in [1.54, 1.807) is 0 Å². The molecule has 0 radical (unpaired) electrons. The van der Waals surface area contributed by atoms with Crippen LogP contribution >= 0.6 is 0 Å². The van der Waals surface area contributed by atoms with E-state index in [9.17, 15) is 0 Å². The maximum Gasteiger partial charge on any atom is 0.192 e. The molecule has 0 N–H and O–H groups in total. The Kier molecular flexibility index (Phi) is 2.91. The van der Waals surface area contributed by atoms with Crippen LogP contribution in [0.2, 0.25) is 0 Å². The van der Waals surface area contributed by atoms with Crippen molar-refractivity contribution < 1.29 is 4.42 Å². The molecule has 0 saturated carbocycles. The molecule has 2 aromatic rings. The summed E-state index contributed by atoms with van der Waals surface area (Å²) in [6.07, 6.45) is 1.67. The molecule has 1 aromatic heterocycles. The number of oxazole rings is 1. The minimum absolute atomic E-state index is 0.0884. The first-order chi connectivity index (χ1) is 7.72. The van der Waals surface area contributed by atoms with E-state index in [-0.39, 0.29) is 5.92 Å². The van der Waals surface area contributed by atoms with Gasteiger partial charge in [-0.1, -0.05) is 13.0 Å². The van der Waals surface area contributed by atoms with Crippen LogP contribution in [0, 0.1) is 24.2 Å².